The van der Waals surface area contributed by atoms with E-state index in [-0.39, 0.29) is 17.2 Å². The number of aromatic nitrogens is 1. The van der Waals surface area contributed by atoms with E-state index in [9.17, 15) is 14.7 Å². The molecule has 1 aliphatic rings. The molecule has 0 aliphatic heterocycles. The predicted octanol–water partition coefficient (Wildman–Crippen LogP) is 7.59. The average Bonchev–Trinajstić information content (AvgIpc) is 3.43. The van der Waals surface area contributed by atoms with Crippen molar-refractivity contribution in [3.63, 3.8) is 0 Å². The van der Waals surface area contributed by atoms with Crippen molar-refractivity contribution in [2.24, 2.45) is 5.10 Å². The number of hydrogen-bond acceptors (Lipinski definition) is 5. The number of nitrogens with zero attached hydrogens (tertiary/aromatic N) is 2. The maximum Gasteiger partial charge on any atom is 0.275 e. The summed E-state index contributed by atoms with van der Waals surface area (Å²) in [6.45, 7) is 6.00. The van der Waals surface area contributed by atoms with E-state index in [0.717, 1.165) is 70.0 Å². The van der Waals surface area contributed by atoms with Gasteiger partial charge < -0.3 is 15.0 Å². The Kier molecular flexibility index (Phi) is 8.30. The Labute approximate surface area is 253 Å². The summed E-state index contributed by atoms with van der Waals surface area (Å²) in [6, 6.07) is 13.0. The summed E-state index contributed by atoms with van der Waals surface area (Å²) in [4.78, 5) is 27.6. The molecule has 5 rings (SSSR count). The zero-order valence-corrected chi connectivity index (χ0v) is 26.3. The van der Waals surface area contributed by atoms with Gasteiger partial charge in [-0.2, -0.15) is 5.10 Å². The summed E-state index contributed by atoms with van der Waals surface area (Å²) in [5.74, 6) is -0.800. The first-order chi connectivity index (χ1) is 19.1. The third-order valence-corrected chi connectivity index (χ3v) is 9.34. The van der Waals surface area contributed by atoms with Gasteiger partial charge in [-0.05, 0) is 98.3 Å². The number of phenols is 1. The Bertz CT molecular complexity index is 1650. The molecule has 3 N–H and O–H groups in total. The van der Waals surface area contributed by atoms with Crippen LogP contribution in [-0.2, 0) is 12.8 Å². The number of carbonyl (C=O) groups is 2. The Morgan fingerprint density at radius 1 is 1.02 bits per heavy atom. The number of nitrogens with one attached hydrogen (secondary N) is 2. The molecule has 0 spiro atoms. The number of aryl methyl sites for hydroxylation is 3. The van der Waals surface area contributed by atoms with Crippen LogP contribution in [0.1, 0.15) is 66.5 Å². The minimum absolute atomic E-state index is 0.0947. The van der Waals surface area contributed by atoms with Crippen molar-refractivity contribution >= 4 is 66.9 Å². The zero-order valence-electron chi connectivity index (χ0n) is 22.3. The van der Waals surface area contributed by atoms with E-state index in [1.807, 2.05) is 51.1 Å². The second-order valence-corrected chi connectivity index (χ2v) is 12.7. The molecular formula is C30H28Br2N4O3S. The number of carbonyl (C=O) groups excluding carboxylic acids is 2. The number of aromatic hydroxyl groups is 1. The number of thiophene rings is 1. The Morgan fingerprint density at radius 3 is 2.50 bits per heavy atom. The van der Waals surface area contributed by atoms with Crippen LogP contribution >= 0.6 is 43.2 Å². The number of anilines is 1. The van der Waals surface area contributed by atoms with Crippen molar-refractivity contribution in [1.29, 1.82) is 0 Å². The number of benzene rings is 2. The molecule has 2 amide bonds. The first-order valence-corrected chi connectivity index (χ1v) is 15.3. The lowest BCUT2D eigenvalue weighted by atomic mass is 9.95. The van der Waals surface area contributed by atoms with E-state index in [2.05, 4.69) is 52.3 Å². The van der Waals surface area contributed by atoms with Crippen molar-refractivity contribution in [3.05, 3.63) is 95.5 Å². The van der Waals surface area contributed by atoms with Crippen LogP contribution in [0.3, 0.4) is 0 Å². The van der Waals surface area contributed by atoms with E-state index in [1.54, 1.807) is 23.6 Å². The molecule has 0 saturated carbocycles. The molecule has 2 heterocycles. The molecule has 206 valence electrons. The molecule has 2 aromatic carbocycles. The fourth-order valence-corrected chi connectivity index (χ4v) is 7.69. The van der Waals surface area contributed by atoms with Crippen molar-refractivity contribution in [2.45, 2.75) is 46.5 Å². The van der Waals surface area contributed by atoms with Gasteiger partial charge >= 0.3 is 0 Å². The number of phenolic OH excluding ortho intramolecular Hbond substituents is 1. The van der Waals surface area contributed by atoms with Gasteiger partial charge in [0.2, 0.25) is 0 Å². The van der Waals surface area contributed by atoms with Crippen molar-refractivity contribution in [1.82, 2.24) is 9.99 Å². The van der Waals surface area contributed by atoms with E-state index in [0.29, 0.717) is 8.95 Å². The molecule has 0 atom stereocenters. The SMILES string of the molecule is Cc1ccc(NC(=O)c2c(-n3c(C)cc(/C=N\NC(=O)c4cc(Br)cc(Br)c4O)c3C)sc3c2CCCC3)cc1. The monoisotopic (exact) mass is 682 g/mol. The second kappa shape index (κ2) is 11.7. The molecule has 0 bridgehead atoms. The third-order valence-electron chi connectivity index (χ3n) is 7.01. The van der Waals surface area contributed by atoms with Crippen LogP contribution in [-0.4, -0.2) is 27.7 Å². The lowest BCUT2D eigenvalue weighted by Crippen LogP contribution is -2.18. The first kappa shape index (κ1) is 28.3. The fourth-order valence-electron chi connectivity index (χ4n) is 4.96. The molecule has 0 radical (unpaired) electrons. The molecule has 0 fully saturated rings. The zero-order chi connectivity index (χ0) is 28.6. The summed E-state index contributed by atoms with van der Waals surface area (Å²) in [5.41, 5.74) is 9.05. The minimum Gasteiger partial charge on any atom is -0.506 e. The molecule has 0 saturated heterocycles. The van der Waals surface area contributed by atoms with E-state index in [4.69, 9.17) is 0 Å². The lowest BCUT2D eigenvalue weighted by molar-refractivity contribution is 0.0951. The minimum atomic E-state index is -0.537. The van der Waals surface area contributed by atoms with E-state index >= 15 is 0 Å². The molecular weight excluding hydrogens is 656 g/mol. The summed E-state index contributed by atoms with van der Waals surface area (Å²) in [5, 5.41) is 18.4. The lowest BCUT2D eigenvalue weighted by Gasteiger charge is -2.14. The van der Waals surface area contributed by atoms with Gasteiger partial charge in [-0.25, -0.2) is 5.43 Å². The van der Waals surface area contributed by atoms with Gasteiger partial charge in [0, 0.05) is 32.0 Å². The number of amides is 2. The van der Waals surface area contributed by atoms with Crippen LogP contribution in [0.2, 0.25) is 0 Å². The third kappa shape index (κ3) is 5.66. The highest BCUT2D eigenvalue weighted by Gasteiger charge is 2.28. The highest BCUT2D eigenvalue weighted by Crippen LogP contribution is 2.39. The smallest absolute Gasteiger partial charge is 0.275 e. The van der Waals surface area contributed by atoms with Crippen LogP contribution < -0.4 is 10.7 Å². The fraction of sp³-hybridized carbons (Fsp3) is 0.233. The van der Waals surface area contributed by atoms with Crippen molar-refractivity contribution in [2.75, 3.05) is 5.32 Å². The topological polar surface area (TPSA) is 95.7 Å². The summed E-state index contributed by atoms with van der Waals surface area (Å²) in [7, 11) is 0. The predicted molar refractivity (Wildman–Crippen MR) is 167 cm³/mol. The largest absolute Gasteiger partial charge is 0.506 e. The summed E-state index contributed by atoms with van der Waals surface area (Å²) in [6.07, 6.45) is 5.64. The van der Waals surface area contributed by atoms with Gasteiger partial charge in [0.05, 0.1) is 21.8 Å². The second-order valence-electron chi connectivity index (χ2n) is 9.86. The van der Waals surface area contributed by atoms with Gasteiger partial charge in [-0.15, -0.1) is 11.3 Å². The van der Waals surface area contributed by atoms with Gasteiger partial charge in [0.1, 0.15) is 10.8 Å². The molecule has 10 heteroatoms. The van der Waals surface area contributed by atoms with Crippen LogP contribution in [0.4, 0.5) is 5.69 Å². The number of fused-ring (bicyclic) bond motifs is 1. The van der Waals surface area contributed by atoms with Crippen molar-refractivity contribution < 1.29 is 14.7 Å². The molecule has 7 nitrogen and oxygen atoms in total. The standard InChI is InChI=1S/C30H28Br2N4O3S/c1-16-8-10-21(11-9-16)34-29(39)26-22-6-4-5-7-25(22)40-30(26)36-17(2)12-19(18(36)3)15-33-35-28(38)23-13-20(31)14-24(32)27(23)37/h8-15,37H,4-7H2,1-3H3,(H,34,39)(H,35,38)/b33-15-. The van der Waals surface area contributed by atoms with Crippen LogP contribution in [0.15, 0.2) is 56.5 Å². The Morgan fingerprint density at radius 2 is 1.75 bits per heavy atom. The molecule has 4 aromatic rings. The number of rotatable bonds is 6. The maximum atomic E-state index is 13.7. The first-order valence-electron chi connectivity index (χ1n) is 12.9. The molecule has 0 unspecified atom stereocenters. The quantitative estimate of drug-likeness (QED) is 0.144. The van der Waals surface area contributed by atoms with Gasteiger partial charge in [0.25, 0.3) is 11.8 Å². The van der Waals surface area contributed by atoms with Crippen LogP contribution in [0, 0.1) is 20.8 Å². The van der Waals surface area contributed by atoms with Crippen molar-refractivity contribution in [3.8, 4) is 10.8 Å². The van der Waals surface area contributed by atoms with Gasteiger partial charge in [0.15, 0.2) is 0 Å². The van der Waals surface area contributed by atoms with E-state index < -0.39 is 5.91 Å². The van der Waals surface area contributed by atoms with E-state index in [1.165, 1.54) is 10.9 Å². The highest BCUT2D eigenvalue weighted by atomic mass is 79.9. The van der Waals surface area contributed by atoms with Crippen LogP contribution in [0.25, 0.3) is 5.00 Å². The van der Waals surface area contributed by atoms with Crippen LogP contribution in [0.5, 0.6) is 5.75 Å². The Balaban J connectivity index is 1.45. The number of hydrazone groups is 1. The molecule has 1 aliphatic carbocycles. The highest BCUT2D eigenvalue weighted by molar-refractivity contribution is 9.11. The maximum absolute atomic E-state index is 13.7. The molecule has 2 aromatic heterocycles. The van der Waals surface area contributed by atoms with Gasteiger partial charge in [-0.1, -0.05) is 33.6 Å². The average molecular weight is 684 g/mol. The Hall–Kier alpha value is -3.21. The number of halogens is 2. The summed E-state index contributed by atoms with van der Waals surface area (Å²) >= 11 is 8.25. The van der Waals surface area contributed by atoms with Gasteiger partial charge in [-0.3, -0.25) is 9.59 Å². The summed E-state index contributed by atoms with van der Waals surface area (Å²) < 4.78 is 3.16. The normalized spacial score (nSPS) is 12.9. The number of hydrogen-bond donors (Lipinski definition) is 3. The molecule has 40 heavy (non-hydrogen) atoms.